The lowest BCUT2D eigenvalue weighted by atomic mass is 9.98. The molecule has 2 nitrogen and oxygen atoms in total. The normalized spacial score (nSPS) is 12.2. The molecular weight excluding hydrogens is 290 g/mol. The van der Waals surface area contributed by atoms with Gasteiger partial charge in [-0.15, -0.1) is 0 Å². The van der Waals surface area contributed by atoms with Crippen LogP contribution >= 0.6 is 15.9 Å². The maximum atomic E-state index is 6.28. The molecule has 0 aliphatic carbocycles. The van der Waals surface area contributed by atoms with Crippen molar-refractivity contribution in [1.29, 1.82) is 0 Å². The molecule has 1 atom stereocenters. The Kier molecular flexibility index (Phi) is 4.04. The van der Waals surface area contributed by atoms with Gasteiger partial charge in [0.1, 0.15) is 5.75 Å². The van der Waals surface area contributed by atoms with E-state index in [-0.39, 0.29) is 6.04 Å². The Labute approximate surface area is 116 Å². The van der Waals surface area contributed by atoms with Gasteiger partial charge in [-0.25, -0.2) is 0 Å². The molecule has 0 bridgehead atoms. The lowest BCUT2D eigenvalue weighted by molar-refractivity contribution is 0.414. The first kappa shape index (κ1) is 13.1. The maximum Gasteiger partial charge on any atom is 0.119 e. The van der Waals surface area contributed by atoms with Gasteiger partial charge in [-0.1, -0.05) is 40.2 Å². The SMILES string of the molecule is COc1cccc(C(N)c2ccc(C)c(Br)c2)c1. The minimum absolute atomic E-state index is 0.142. The van der Waals surface area contributed by atoms with E-state index in [1.54, 1.807) is 7.11 Å². The van der Waals surface area contributed by atoms with Gasteiger partial charge in [0.25, 0.3) is 0 Å². The Hall–Kier alpha value is -1.32. The Bertz CT molecular complexity index is 554. The molecule has 0 saturated carbocycles. The zero-order chi connectivity index (χ0) is 13.1. The van der Waals surface area contributed by atoms with Gasteiger partial charge in [-0.3, -0.25) is 0 Å². The summed E-state index contributed by atoms with van der Waals surface area (Å²) in [4.78, 5) is 0. The average Bonchev–Trinajstić information content (AvgIpc) is 2.41. The number of methoxy groups -OCH3 is 1. The molecule has 2 aromatic carbocycles. The van der Waals surface area contributed by atoms with Crippen LogP contribution in [0.25, 0.3) is 0 Å². The summed E-state index contributed by atoms with van der Waals surface area (Å²) in [6, 6.07) is 13.9. The third kappa shape index (κ3) is 2.74. The van der Waals surface area contributed by atoms with Crippen molar-refractivity contribution in [2.45, 2.75) is 13.0 Å². The molecule has 2 rings (SSSR count). The Morgan fingerprint density at radius 2 is 1.83 bits per heavy atom. The summed E-state index contributed by atoms with van der Waals surface area (Å²) >= 11 is 3.53. The predicted molar refractivity (Wildman–Crippen MR) is 77.9 cm³/mol. The van der Waals surface area contributed by atoms with Crippen molar-refractivity contribution < 1.29 is 4.74 Å². The molecule has 0 radical (unpaired) electrons. The van der Waals surface area contributed by atoms with Crippen molar-refractivity contribution in [1.82, 2.24) is 0 Å². The number of rotatable bonds is 3. The van der Waals surface area contributed by atoms with Crippen LogP contribution in [0.15, 0.2) is 46.9 Å². The molecule has 0 spiro atoms. The standard InChI is InChI=1S/C15H16BrNO/c1-10-6-7-12(9-14(10)16)15(17)11-4-3-5-13(8-11)18-2/h3-9,15H,17H2,1-2H3. The summed E-state index contributed by atoms with van der Waals surface area (Å²) in [7, 11) is 1.66. The highest BCUT2D eigenvalue weighted by molar-refractivity contribution is 9.10. The Morgan fingerprint density at radius 1 is 1.11 bits per heavy atom. The smallest absolute Gasteiger partial charge is 0.119 e. The number of hydrogen-bond donors (Lipinski definition) is 1. The summed E-state index contributed by atoms with van der Waals surface area (Å²) in [6.07, 6.45) is 0. The van der Waals surface area contributed by atoms with Gasteiger partial charge in [0.2, 0.25) is 0 Å². The average molecular weight is 306 g/mol. The molecule has 3 heteroatoms. The highest BCUT2D eigenvalue weighted by atomic mass is 79.9. The fourth-order valence-electron chi connectivity index (χ4n) is 1.83. The van der Waals surface area contributed by atoms with E-state index in [2.05, 4.69) is 41.1 Å². The maximum absolute atomic E-state index is 6.28. The zero-order valence-electron chi connectivity index (χ0n) is 10.5. The molecule has 1 unspecified atom stereocenters. The molecule has 94 valence electrons. The van der Waals surface area contributed by atoms with E-state index in [1.165, 1.54) is 5.56 Å². The van der Waals surface area contributed by atoms with Crippen LogP contribution in [0.4, 0.5) is 0 Å². The molecular formula is C15H16BrNO. The first-order valence-electron chi connectivity index (χ1n) is 5.77. The minimum Gasteiger partial charge on any atom is -0.497 e. The zero-order valence-corrected chi connectivity index (χ0v) is 12.1. The molecule has 0 saturated heterocycles. The quantitative estimate of drug-likeness (QED) is 0.936. The largest absolute Gasteiger partial charge is 0.497 e. The second-order valence-corrected chi connectivity index (χ2v) is 5.12. The van der Waals surface area contributed by atoms with Crippen LogP contribution in [0.2, 0.25) is 0 Å². The molecule has 2 aromatic rings. The van der Waals surface area contributed by atoms with Crippen molar-refractivity contribution in [3.63, 3.8) is 0 Å². The van der Waals surface area contributed by atoms with Crippen LogP contribution in [-0.4, -0.2) is 7.11 Å². The lowest BCUT2D eigenvalue weighted by Crippen LogP contribution is -2.12. The van der Waals surface area contributed by atoms with Crippen LogP contribution in [0.3, 0.4) is 0 Å². The predicted octanol–water partition coefficient (Wildman–Crippen LogP) is 3.81. The highest BCUT2D eigenvalue weighted by Crippen LogP contribution is 2.26. The second kappa shape index (κ2) is 5.55. The van der Waals surface area contributed by atoms with Gasteiger partial charge >= 0.3 is 0 Å². The van der Waals surface area contributed by atoms with E-state index in [1.807, 2.05) is 24.3 Å². The van der Waals surface area contributed by atoms with Crippen molar-refractivity contribution in [2.75, 3.05) is 7.11 Å². The monoisotopic (exact) mass is 305 g/mol. The van der Waals surface area contributed by atoms with Crippen LogP contribution in [0.1, 0.15) is 22.7 Å². The third-order valence-corrected chi connectivity index (χ3v) is 3.86. The molecule has 2 N–H and O–H groups in total. The van der Waals surface area contributed by atoms with E-state index in [4.69, 9.17) is 10.5 Å². The number of ether oxygens (including phenoxy) is 1. The molecule has 0 aromatic heterocycles. The van der Waals surface area contributed by atoms with Gasteiger partial charge in [-0.05, 0) is 41.8 Å². The summed E-state index contributed by atoms with van der Waals surface area (Å²) in [6.45, 7) is 2.06. The molecule has 18 heavy (non-hydrogen) atoms. The van der Waals surface area contributed by atoms with E-state index >= 15 is 0 Å². The van der Waals surface area contributed by atoms with E-state index in [0.717, 1.165) is 21.3 Å². The van der Waals surface area contributed by atoms with E-state index < -0.39 is 0 Å². The fourth-order valence-corrected chi connectivity index (χ4v) is 2.23. The van der Waals surface area contributed by atoms with Crippen LogP contribution < -0.4 is 10.5 Å². The molecule has 0 aliphatic heterocycles. The number of halogens is 1. The minimum atomic E-state index is -0.142. The highest BCUT2D eigenvalue weighted by Gasteiger charge is 2.10. The summed E-state index contributed by atoms with van der Waals surface area (Å²) in [5.41, 5.74) is 9.62. The topological polar surface area (TPSA) is 35.2 Å². The third-order valence-electron chi connectivity index (χ3n) is 3.01. The van der Waals surface area contributed by atoms with Gasteiger partial charge in [0.15, 0.2) is 0 Å². The molecule has 0 heterocycles. The first-order chi connectivity index (χ1) is 8.61. The summed E-state index contributed by atoms with van der Waals surface area (Å²) in [5, 5.41) is 0. The van der Waals surface area contributed by atoms with Crippen LogP contribution in [-0.2, 0) is 0 Å². The number of benzene rings is 2. The van der Waals surface area contributed by atoms with Crippen molar-refractivity contribution in [2.24, 2.45) is 5.73 Å². The molecule has 0 amide bonds. The summed E-state index contributed by atoms with van der Waals surface area (Å²) < 4.78 is 6.30. The van der Waals surface area contributed by atoms with Gasteiger partial charge < -0.3 is 10.5 Å². The number of aryl methyl sites for hydroxylation is 1. The number of nitrogens with two attached hydrogens (primary N) is 1. The Balaban J connectivity index is 2.34. The van der Waals surface area contributed by atoms with Gasteiger partial charge in [-0.2, -0.15) is 0 Å². The van der Waals surface area contributed by atoms with Crippen molar-refractivity contribution in [3.05, 3.63) is 63.6 Å². The van der Waals surface area contributed by atoms with Crippen LogP contribution in [0, 0.1) is 6.92 Å². The fraction of sp³-hybridized carbons (Fsp3) is 0.200. The van der Waals surface area contributed by atoms with Crippen LogP contribution in [0.5, 0.6) is 5.75 Å². The van der Waals surface area contributed by atoms with Gasteiger partial charge in [0.05, 0.1) is 13.2 Å². The second-order valence-electron chi connectivity index (χ2n) is 4.26. The first-order valence-corrected chi connectivity index (χ1v) is 6.56. The van der Waals surface area contributed by atoms with Crippen molar-refractivity contribution >= 4 is 15.9 Å². The van der Waals surface area contributed by atoms with E-state index in [0.29, 0.717) is 0 Å². The van der Waals surface area contributed by atoms with E-state index in [9.17, 15) is 0 Å². The van der Waals surface area contributed by atoms with Gasteiger partial charge in [0, 0.05) is 4.47 Å². The van der Waals surface area contributed by atoms with Crippen molar-refractivity contribution in [3.8, 4) is 5.75 Å². The molecule has 0 aliphatic rings. The molecule has 0 fully saturated rings. The Morgan fingerprint density at radius 3 is 2.50 bits per heavy atom. The summed E-state index contributed by atoms with van der Waals surface area (Å²) in [5.74, 6) is 0.828. The number of hydrogen-bond acceptors (Lipinski definition) is 2. The lowest BCUT2D eigenvalue weighted by Gasteiger charge is -2.14.